The lowest BCUT2D eigenvalue weighted by molar-refractivity contribution is -0.132. The molecule has 1 aliphatic rings. The van der Waals surface area contributed by atoms with Gasteiger partial charge in [-0.05, 0) is 55.0 Å². The molecule has 1 heterocycles. The first-order chi connectivity index (χ1) is 17.4. The molecule has 0 bridgehead atoms. The van der Waals surface area contributed by atoms with Crippen molar-refractivity contribution in [2.45, 2.75) is 84.8 Å². The Bertz CT molecular complexity index is 950. The highest BCUT2D eigenvalue weighted by molar-refractivity contribution is 9.10. The highest BCUT2D eigenvalue weighted by Crippen LogP contribution is 2.18. The summed E-state index contributed by atoms with van der Waals surface area (Å²) in [6, 6.07) is 12.6. The van der Waals surface area contributed by atoms with Crippen molar-refractivity contribution in [2.24, 2.45) is 5.92 Å². The number of rotatable bonds is 12. The molecule has 0 atom stereocenters. The largest absolute Gasteiger partial charge is 0.345 e. The quantitative estimate of drug-likeness (QED) is 0.326. The number of amides is 3. The summed E-state index contributed by atoms with van der Waals surface area (Å²) in [6.07, 6.45) is 9.68. The van der Waals surface area contributed by atoms with E-state index in [2.05, 4.69) is 83.1 Å². The molecule has 1 fully saturated rings. The molecule has 3 rings (SSSR count). The van der Waals surface area contributed by atoms with Crippen LogP contribution < -0.4 is 5.32 Å². The molecule has 1 aliphatic carbocycles. The lowest BCUT2D eigenvalue weighted by atomic mass is 9.96. The smallest absolute Gasteiger partial charge is 0.318 e. The number of nitrogens with one attached hydrogen (secondary N) is 1. The predicted molar refractivity (Wildman–Crippen MR) is 150 cm³/mol. The van der Waals surface area contributed by atoms with Crippen molar-refractivity contribution in [1.82, 2.24) is 19.7 Å². The van der Waals surface area contributed by atoms with Crippen LogP contribution in [0.2, 0.25) is 0 Å². The Labute approximate surface area is 225 Å². The van der Waals surface area contributed by atoms with Gasteiger partial charge in [-0.15, -0.1) is 0 Å². The van der Waals surface area contributed by atoms with Gasteiger partial charge in [-0.25, -0.2) is 4.79 Å². The summed E-state index contributed by atoms with van der Waals surface area (Å²) in [6.45, 7) is 9.01. The van der Waals surface area contributed by atoms with Crippen LogP contribution in [-0.4, -0.2) is 52.0 Å². The number of nitrogens with zero attached hydrogens (tertiary/aromatic N) is 3. The second kappa shape index (κ2) is 14.5. The summed E-state index contributed by atoms with van der Waals surface area (Å²) in [5, 5.41) is 3.21. The third-order valence-electron chi connectivity index (χ3n) is 6.81. The van der Waals surface area contributed by atoms with Crippen LogP contribution >= 0.6 is 15.9 Å². The Balaban J connectivity index is 1.68. The molecule has 0 aliphatic heterocycles. The van der Waals surface area contributed by atoms with E-state index in [-0.39, 0.29) is 24.5 Å². The molecule has 1 aromatic heterocycles. The third-order valence-corrected chi connectivity index (χ3v) is 7.34. The Kier molecular flexibility index (Phi) is 11.4. The first kappa shape index (κ1) is 28.3. The number of carbonyl (C=O) groups is 2. The molecule has 0 radical (unpaired) electrons. The van der Waals surface area contributed by atoms with Crippen LogP contribution in [-0.2, 0) is 17.9 Å². The molecule has 6 nitrogen and oxygen atoms in total. The number of carbonyl (C=O) groups excluding carboxylic acids is 2. The molecule has 0 saturated heterocycles. The highest BCUT2D eigenvalue weighted by atomic mass is 79.9. The van der Waals surface area contributed by atoms with Gasteiger partial charge in [-0.1, -0.05) is 74.5 Å². The molecule has 198 valence electrons. The van der Waals surface area contributed by atoms with Gasteiger partial charge < -0.3 is 19.7 Å². The van der Waals surface area contributed by atoms with Gasteiger partial charge in [-0.2, -0.15) is 0 Å². The van der Waals surface area contributed by atoms with E-state index in [0.29, 0.717) is 25.6 Å². The highest BCUT2D eigenvalue weighted by Gasteiger charge is 2.25. The minimum Gasteiger partial charge on any atom is -0.345 e. The van der Waals surface area contributed by atoms with Crippen molar-refractivity contribution in [1.29, 1.82) is 0 Å². The van der Waals surface area contributed by atoms with E-state index in [1.54, 1.807) is 4.90 Å². The van der Waals surface area contributed by atoms with Crippen LogP contribution in [0.1, 0.15) is 77.0 Å². The number of halogens is 1. The fraction of sp³-hybridized carbons (Fsp3) is 0.586. The third kappa shape index (κ3) is 8.99. The molecule has 0 unspecified atom stereocenters. The minimum absolute atomic E-state index is 0.0132. The standard InChI is InChI=1S/C29H43BrN4O2/c1-4-5-17-33(21-27-12-9-18-32(27)20-24-13-15-25(30)16-14-24)28(35)22-34(19-23(2)3)29(36)31-26-10-7-6-8-11-26/h9,12-16,18,23,26H,4-8,10-11,17,19-22H2,1-3H3,(H,31,36). The second-order valence-corrected chi connectivity index (χ2v) is 11.4. The molecule has 1 saturated carbocycles. The Morgan fingerprint density at radius 2 is 1.81 bits per heavy atom. The van der Waals surface area contributed by atoms with Crippen molar-refractivity contribution in [3.05, 3.63) is 58.3 Å². The summed E-state index contributed by atoms with van der Waals surface area (Å²) >= 11 is 3.50. The number of benzene rings is 1. The van der Waals surface area contributed by atoms with Gasteiger partial charge in [0.1, 0.15) is 6.54 Å². The summed E-state index contributed by atoms with van der Waals surface area (Å²) in [5.41, 5.74) is 2.31. The van der Waals surface area contributed by atoms with Crippen molar-refractivity contribution in [3.63, 3.8) is 0 Å². The Morgan fingerprint density at radius 1 is 1.08 bits per heavy atom. The molecule has 1 aromatic carbocycles. The average molecular weight is 560 g/mol. The molecule has 3 amide bonds. The number of unbranched alkanes of at least 4 members (excludes halogenated alkanes) is 1. The SMILES string of the molecule is CCCCN(Cc1cccn1Cc1ccc(Br)cc1)C(=O)CN(CC(C)C)C(=O)NC1CCCCC1. The number of urea groups is 1. The molecule has 7 heteroatoms. The normalized spacial score (nSPS) is 14.1. The van der Waals surface area contributed by atoms with Crippen LogP contribution in [0.15, 0.2) is 47.1 Å². The van der Waals surface area contributed by atoms with Crippen LogP contribution in [0.25, 0.3) is 0 Å². The van der Waals surface area contributed by atoms with E-state index in [1.807, 2.05) is 11.0 Å². The van der Waals surface area contributed by atoms with Gasteiger partial charge in [-0.3, -0.25) is 4.79 Å². The maximum Gasteiger partial charge on any atom is 0.318 e. The van der Waals surface area contributed by atoms with E-state index < -0.39 is 0 Å². The zero-order valence-corrected chi connectivity index (χ0v) is 23.8. The van der Waals surface area contributed by atoms with Gasteiger partial charge >= 0.3 is 6.03 Å². The van der Waals surface area contributed by atoms with Gasteiger partial charge in [0.25, 0.3) is 0 Å². The summed E-state index contributed by atoms with van der Waals surface area (Å²) in [4.78, 5) is 30.4. The fourth-order valence-electron chi connectivity index (χ4n) is 4.81. The zero-order valence-electron chi connectivity index (χ0n) is 22.2. The van der Waals surface area contributed by atoms with Crippen molar-refractivity contribution < 1.29 is 9.59 Å². The van der Waals surface area contributed by atoms with Gasteiger partial charge in [0.05, 0.1) is 6.54 Å². The average Bonchev–Trinajstić information content (AvgIpc) is 3.29. The first-order valence-electron chi connectivity index (χ1n) is 13.6. The number of aromatic nitrogens is 1. The van der Waals surface area contributed by atoms with Crippen LogP contribution in [0.3, 0.4) is 0 Å². The van der Waals surface area contributed by atoms with Crippen LogP contribution in [0, 0.1) is 5.92 Å². The Hall–Kier alpha value is -2.28. The molecular formula is C29H43BrN4O2. The topological polar surface area (TPSA) is 57.6 Å². The number of hydrogen-bond acceptors (Lipinski definition) is 2. The summed E-state index contributed by atoms with van der Waals surface area (Å²) < 4.78 is 3.27. The van der Waals surface area contributed by atoms with E-state index in [1.165, 1.54) is 24.8 Å². The summed E-state index contributed by atoms with van der Waals surface area (Å²) in [5.74, 6) is 0.307. The van der Waals surface area contributed by atoms with Crippen molar-refractivity contribution >= 4 is 27.9 Å². The lowest BCUT2D eigenvalue weighted by Crippen LogP contribution is -2.50. The van der Waals surface area contributed by atoms with E-state index in [9.17, 15) is 9.59 Å². The van der Waals surface area contributed by atoms with Crippen molar-refractivity contribution in [3.8, 4) is 0 Å². The van der Waals surface area contributed by atoms with Gasteiger partial charge in [0, 0.05) is 42.0 Å². The van der Waals surface area contributed by atoms with Crippen molar-refractivity contribution in [2.75, 3.05) is 19.6 Å². The monoisotopic (exact) mass is 558 g/mol. The lowest BCUT2D eigenvalue weighted by Gasteiger charge is -2.31. The fourth-order valence-corrected chi connectivity index (χ4v) is 5.07. The molecule has 2 aromatic rings. The molecular weight excluding hydrogens is 516 g/mol. The molecule has 36 heavy (non-hydrogen) atoms. The van der Waals surface area contributed by atoms with Gasteiger partial charge in [0.2, 0.25) is 5.91 Å². The number of hydrogen-bond donors (Lipinski definition) is 1. The maximum absolute atomic E-state index is 13.6. The maximum atomic E-state index is 13.6. The Morgan fingerprint density at radius 3 is 2.47 bits per heavy atom. The minimum atomic E-state index is -0.0991. The van der Waals surface area contributed by atoms with Crippen LogP contribution in [0.5, 0.6) is 0 Å². The summed E-state index contributed by atoms with van der Waals surface area (Å²) in [7, 11) is 0. The van der Waals surface area contributed by atoms with E-state index in [0.717, 1.165) is 42.4 Å². The zero-order chi connectivity index (χ0) is 25.9. The molecule has 1 N–H and O–H groups in total. The van der Waals surface area contributed by atoms with E-state index in [4.69, 9.17) is 0 Å². The molecule has 0 spiro atoms. The van der Waals surface area contributed by atoms with Gasteiger partial charge in [0.15, 0.2) is 0 Å². The first-order valence-corrected chi connectivity index (χ1v) is 14.4. The second-order valence-electron chi connectivity index (χ2n) is 10.5. The van der Waals surface area contributed by atoms with E-state index >= 15 is 0 Å². The predicted octanol–water partition coefficient (Wildman–Crippen LogP) is 6.43. The van der Waals surface area contributed by atoms with Crippen LogP contribution in [0.4, 0.5) is 4.79 Å².